The number of nitrogens with zero attached hydrogens (tertiary/aromatic N) is 1. The summed E-state index contributed by atoms with van der Waals surface area (Å²) in [5.41, 5.74) is 8.21. The number of hydrogen-bond donors (Lipinski definition) is 1. The summed E-state index contributed by atoms with van der Waals surface area (Å²) in [7, 11) is 0. The Kier molecular flexibility index (Phi) is 1.93. The summed E-state index contributed by atoms with van der Waals surface area (Å²) >= 11 is 0. The van der Waals surface area contributed by atoms with Crippen molar-refractivity contribution in [1.29, 1.82) is 0 Å². The molecule has 0 heterocycles. The van der Waals surface area contributed by atoms with Crippen molar-refractivity contribution in [2.45, 2.75) is 18.8 Å². The number of nitrogens with two attached hydrogens (primary N) is 1. The van der Waals surface area contributed by atoms with Crippen LogP contribution in [-0.2, 0) is 0 Å². The highest BCUT2D eigenvalue weighted by atomic mass is 16.3. The van der Waals surface area contributed by atoms with Crippen LogP contribution in [0.25, 0.3) is 10.8 Å². The Morgan fingerprint density at radius 3 is 2.69 bits per heavy atom. The van der Waals surface area contributed by atoms with E-state index in [0.29, 0.717) is 11.6 Å². The minimum Gasteiger partial charge on any atom is -0.399 e. The van der Waals surface area contributed by atoms with Crippen molar-refractivity contribution in [3.05, 3.63) is 40.8 Å². The second-order valence-electron chi connectivity index (χ2n) is 4.38. The summed E-state index contributed by atoms with van der Waals surface area (Å²) in [6.45, 7) is 0. The normalized spacial score (nSPS) is 15.2. The molecule has 0 aromatic heterocycles. The molecule has 1 aliphatic rings. The number of hydrogen-bond acceptors (Lipinski definition) is 3. The van der Waals surface area contributed by atoms with Crippen LogP contribution in [0.3, 0.4) is 0 Å². The maximum absolute atomic E-state index is 10.6. The number of fused-ring (bicyclic) bond motifs is 1. The van der Waals surface area contributed by atoms with Crippen LogP contribution in [0.15, 0.2) is 35.5 Å². The number of benzene rings is 2. The summed E-state index contributed by atoms with van der Waals surface area (Å²) in [4.78, 5) is 10.6. The largest absolute Gasteiger partial charge is 0.399 e. The van der Waals surface area contributed by atoms with E-state index in [1.807, 2.05) is 24.3 Å². The second-order valence-corrected chi connectivity index (χ2v) is 4.38. The zero-order chi connectivity index (χ0) is 11.1. The highest BCUT2D eigenvalue weighted by molar-refractivity contribution is 5.91. The van der Waals surface area contributed by atoms with Gasteiger partial charge >= 0.3 is 0 Å². The molecule has 3 nitrogen and oxygen atoms in total. The van der Waals surface area contributed by atoms with Gasteiger partial charge in [-0.05, 0) is 64.5 Å². The molecule has 1 aliphatic carbocycles. The summed E-state index contributed by atoms with van der Waals surface area (Å²) in [6, 6.07) is 9.54. The van der Waals surface area contributed by atoms with Crippen molar-refractivity contribution in [3.63, 3.8) is 0 Å². The maximum Gasteiger partial charge on any atom is 0.108 e. The third kappa shape index (κ3) is 1.45. The van der Waals surface area contributed by atoms with Crippen LogP contribution in [-0.4, -0.2) is 0 Å². The second kappa shape index (κ2) is 3.30. The van der Waals surface area contributed by atoms with Gasteiger partial charge in [0.1, 0.15) is 5.69 Å². The molecule has 3 rings (SSSR count). The lowest BCUT2D eigenvalue weighted by atomic mass is 10.00. The molecule has 2 aromatic rings. The Morgan fingerprint density at radius 1 is 1.19 bits per heavy atom. The monoisotopic (exact) mass is 212 g/mol. The fraction of sp³-hybridized carbons (Fsp3) is 0.231. The quantitative estimate of drug-likeness (QED) is 0.609. The Balaban J connectivity index is 2.32. The van der Waals surface area contributed by atoms with Gasteiger partial charge in [-0.15, -0.1) is 4.91 Å². The Hall–Kier alpha value is -1.90. The first kappa shape index (κ1) is 9.33. The minimum absolute atomic E-state index is 0.500. The highest BCUT2D eigenvalue weighted by Gasteiger charge is 2.25. The summed E-state index contributed by atoms with van der Waals surface area (Å²) in [6.07, 6.45) is 2.42. The van der Waals surface area contributed by atoms with Crippen molar-refractivity contribution < 1.29 is 0 Å². The minimum atomic E-state index is 0.500. The van der Waals surface area contributed by atoms with Crippen molar-refractivity contribution >= 4 is 22.1 Å². The van der Waals surface area contributed by atoms with E-state index in [-0.39, 0.29) is 0 Å². The molecule has 0 aliphatic heterocycles. The predicted octanol–water partition coefficient (Wildman–Crippen LogP) is 3.70. The maximum atomic E-state index is 10.6. The molecule has 80 valence electrons. The molecule has 3 heteroatoms. The van der Waals surface area contributed by atoms with Crippen molar-refractivity contribution in [2.75, 3.05) is 5.73 Å². The third-order valence-electron chi connectivity index (χ3n) is 3.12. The zero-order valence-electron chi connectivity index (χ0n) is 8.81. The Bertz CT molecular complexity index is 573. The lowest BCUT2D eigenvalue weighted by Crippen LogP contribution is -1.87. The first-order chi connectivity index (χ1) is 7.78. The smallest absolute Gasteiger partial charge is 0.108 e. The SMILES string of the molecule is Nc1ccc2c(C3CC3)cc(N=O)cc2c1. The number of rotatable bonds is 2. The van der Waals surface area contributed by atoms with Gasteiger partial charge in [0.05, 0.1) is 0 Å². The molecule has 0 atom stereocenters. The lowest BCUT2D eigenvalue weighted by Gasteiger charge is -2.06. The Labute approximate surface area is 93.2 Å². The third-order valence-corrected chi connectivity index (χ3v) is 3.12. The van der Waals surface area contributed by atoms with Crippen LogP contribution < -0.4 is 5.73 Å². The zero-order valence-corrected chi connectivity index (χ0v) is 8.81. The van der Waals surface area contributed by atoms with Crippen molar-refractivity contribution in [3.8, 4) is 0 Å². The van der Waals surface area contributed by atoms with E-state index >= 15 is 0 Å². The van der Waals surface area contributed by atoms with Crippen LogP contribution >= 0.6 is 0 Å². The van der Waals surface area contributed by atoms with E-state index in [9.17, 15) is 4.91 Å². The van der Waals surface area contributed by atoms with Crippen LogP contribution in [0.1, 0.15) is 24.3 Å². The van der Waals surface area contributed by atoms with Gasteiger partial charge in [0.2, 0.25) is 0 Å². The molecule has 1 fully saturated rings. The van der Waals surface area contributed by atoms with Crippen LogP contribution in [0.4, 0.5) is 11.4 Å². The van der Waals surface area contributed by atoms with E-state index in [4.69, 9.17) is 5.73 Å². The fourth-order valence-electron chi connectivity index (χ4n) is 2.19. The fourth-order valence-corrected chi connectivity index (χ4v) is 2.19. The topological polar surface area (TPSA) is 55.4 Å². The van der Waals surface area contributed by atoms with Gasteiger partial charge < -0.3 is 5.73 Å². The molecule has 2 N–H and O–H groups in total. The van der Waals surface area contributed by atoms with E-state index in [0.717, 1.165) is 11.1 Å². The summed E-state index contributed by atoms with van der Waals surface area (Å²) in [5.74, 6) is 0.604. The van der Waals surface area contributed by atoms with Crippen LogP contribution in [0.5, 0.6) is 0 Å². The average molecular weight is 212 g/mol. The van der Waals surface area contributed by atoms with Gasteiger partial charge in [-0.3, -0.25) is 0 Å². The summed E-state index contributed by atoms with van der Waals surface area (Å²) < 4.78 is 0. The highest BCUT2D eigenvalue weighted by Crippen LogP contribution is 2.44. The molecular weight excluding hydrogens is 200 g/mol. The first-order valence-corrected chi connectivity index (χ1v) is 5.44. The molecule has 0 spiro atoms. The van der Waals surface area contributed by atoms with Crippen molar-refractivity contribution in [1.82, 2.24) is 0 Å². The molecule has 0 radical (unpaired) electrons. The molecule has 1 saturated carbocycles. The van der Waals surface area contributed by atoms with Crippen LogP contribution in [0.2, 0.25) is 0 Å². The molecule has 0 amide bonds. The number of anilines is 1. The van der Waals surface area contributed by atoms with Gasteiger partial charge in [-0.2, -0.15) is 0 Å². The predicted molar refractivity (Wildman–Crippen MR) is 65.8 cm³/mol. The Morgan fingerprint density at radius 2 is 2.00 bits per heavy atom. The van der Waals surface area contributed by atoms with Gasteiger partial charge in [0.15, 0.2) is 0 Å². The number of nitrogen functional groups attached to an aromatic ring is 1. The standard InChI is InChI=1S/C13H12N2O/c14-10-3-4-12-9(5-10)6-11(15-16)7-13(12)8-1-2-8/h3-8H,1-2,14H2. The van der Waals surface area contributed by atoms with E-state index in [1.165, 1.54) is 23.8 Å². The number of nitroso groups, excluding NO2 is 1. The molecule has 0 unspecified atom stereocenters. The van der Waals surface area contributed by atoms with E-state index in [2.05, 4.69) is 5.18 Å². The van der Waals surface area contributed by atoms with E-state index < -0.39 is 0 Å². The van der Waals surface area contributed by atoms with Gasteiger partial charge in [0, 0.05) is 5.69 Å². The molecular formula is C13H12N2O. The molecule has 0 bridgehead atoms. The first-order valence-electron chi connectivity index (χ1n) is 5.44. The van der Waals surface area contributed by atoms with E-state index in [1.54, 1.807) is 6.07 Å². The molecule has 16 heavy (non-hydrogen) atoms. The molecule has 2 aromatic carbocycles. The molecule has 0 saturated heterocycles. The average Bonchev–Trinajstić information content (AvgIpc) is 3.10. The summed E-state index contributed by atoms with van der Waals surface area (Å²) in [5, 5.41) is 5.24. The van der Waals surface area contributed by atoms with Crippen molar-refractivity contribution in [2.24, 2.45) is 5.18 Å². The lowest BCUT2D eigenvalue weighted by molar-refractivity contribution is 1.15. The van der Waals surface area contributed by atoms with Crippen LogP contribution in [0, 0.1) is 4.91 Å². The van der Waals surface area contributed by atoms with Gasteiger partial charge in [0.25, 0.3) is 0 Å². The van der Waals surface area contributed by atoms with Gasteiger partial charge in [-0.1, -0.05) is 6.07 Å². The van der Waals surface area contributed by atoms with Gasteiger partial charge in [-0.25, -0.2) is 0 Å².